The summed E-state index contributed by atoms with van der Waals surface area (Å²) in [6.45, 7) is 16.7. The summed E-state index contributed by atoms with van der Waals surface area (Å²) in [4.78, 5) is 11.6. The van der Waals surface area contributed by atoms with Crippen molar-refractivity contribution in [2.75, 3.05) is 6.61 Å². The highest BCUT2D eigenvalue weighted by Crippen LogP contribution is 2.91. The van der Waals surface area contributed by atoms with Gasteiger partial charge in [-0.25, -0.2) is 0 Å². The number of aliphatic hydroxyl groups excluding tert-OH is 5. The lowest BCUT2D eigenvalue weighted by Crippen LogP contribution is -2.68. The highest BCUT2D eigenvalue weighted by atomic mass is 16.7. The Hall–Kier alpha value is -0.850. The molecule has 10 heteroatoms. The number of epoxide rings is 1. The van der Waals surface area contributed by atoms with Gasteiger partial charge in [-0.15, -0.1) is 0 Å². The lowest BCUT2D eigenvalue weighted by molar-refractivity contribution is -0.344. The lowest BCUT2D eigenvalue weighted by Gasteiger charge is -2.69. The van der Waals surface area contributed by atoms with Crippen LogP contribution in [0.5, 0.6) is 0 Å². The second kappa shape index (κ2) is 11.3. The van der Waals surface area contributed by atoms with Crippen molar-refractivity contribution in [3.05, 3.63) is 0 Å². The molecule has 0 bridgehead atoms. The fourth-order valence-electron chi connectivity index (χ4n) is 13.7. The maximum absolute atomic E-state index is 11.6. The molecule has 7 fully saturated rings. The van der Waals surface area contributed by atoms with Crippen LogP contribution >= 0.6 is 0 Å². The number of ether oxygens (including phenoxy) is 4. The van der Waals surface area contributed by atoms with Crippen molar-refractivity contribution in [1.29, 1.82) is 0 Å². The van der Waals surface area contributed by atoms with Crippen LogP contribution in [0.1, 0.15) is 113 Å². The summed E-state index contributed by atoms with van der Waals surface area (Å²) < 4.78 is 24.1. The zero-order valence-electron chi connectivity index (χ0n) is 30.4. The normalized spacial score (nSPS) is 54.1. The molecule has 2 heterocycles. The highest BCUT2D eigenvalue weighted by molar-refractivity contribution is 5.65. The first-order valence-electron chi connectivity index (χ1n) is 18.8. The number of carbonyl (C=O) groups excluding carboxylic acids is 1. The zero-order valence-corrected chi connectivity index (χ0v) is 30.4. The van der Waals surface area contributed by atoms with E-state index in [4.69, 9.17) is 18.9 Å². The minimum absolute atomic E-state index is 0.00472. The Kier molecular flexibility index (Phi) is 8.39. The van der Waals surface area contributed by atoms with Crippen LogP contribution < -0.4 is 0 Å². The average molecular weight is 679 g/mol. The van der Waals surface area contributed by atoms with Gasteiger partial charge in [0.2, 0.25) is 0 Å². The molecule has 2 aliphatic heterocycles. The van der Waals surface area contributed by atoms with Gasteiger partial charge in [-0.2, -0.15) is 0 Å². The molecule has 2 unspecified atom stereocenters. The quantitative estimate of drug-likeness (QED) is 0.146. The van der Waals surface area contributed by atoms with E-state index in [9.17, 15) is 30.3 Å². The Labute approximate surface area is 286 Å². The largest absolute Gasteiger partial charge is 0.463 e. The molecular weight excluding hydrogens is 616 g/mol. The monoisotopic (exact) mass is 678 g/mol. The third kappa shape index (κ3) is 4.82. The van der Waals surface area contributed by atoms with Crippen LogP contribution in [0, 0.1) is 50.7 Å². The van der Waals surface area contributed by atoms with E-state index in [1.807, 2.05) is 13.8 Å². The van der Waals surface area contributed by atoms with Crippen molar-refractivity contribution in [3.8, 4) is 0 Å². The maximum Gasteiger partial charge on any atom is 0.302 e. The minimum Gasteiger partial charge on any atom is -0.463 e. The smallest absolute Gasteiger partial charge is 0.302 e. The highest BCUT2D eigenvalue weighted by Gasteiger charge is 2.85. The molecule has 0 aromatic rings. The first kappa shape index (κ1) is 35.5. The second-order valence-electron chi connectivity index (χ2n) is 19.0. The van der Waals surface area contributed by atoms with Crippen molar-refractivity contribution in [2.24, 2.45) is 50.7 Å². The summed E-state index contributed by atoms with van der Waals surface area (Å²) in [5.74, 6) is 0.803. The molecule has 0 spiro atoms. The summed E-state index contributed by atoms with van der Waals surface area (Å²) in [7, 11) is 0. The molecule has 0 aromatic carbocycles. The van der Waals surface area contributed by atoms with Crippen molar-refractivity contribution in [2.45, 2.75) is 174 Å². The van der Waals surface area contributed by atoms with Crippen LogP contribution in [0.15, 0.2) is 0 Å². The van der Waals surface area contributed by atoms with Gasteiger partial charge < -0.3 is 44.5 Å². The zero-order chi connectivity index (χ0) is 35.0. The van der Waals surface area contributed by atoms with E-state index in [-0.39, 0.29) is 57.4 Å². The first-order chi connectivity index (χ1) is 22.3. The Morgan fingerprint density at radius 2 is 1.60 bits per heavy atom. The molecule has 5 aliphatic carbocycles. The summed E-state index contributed by atoms with van der Waals surface area (Å²) >= 11 is 0. The van der Waals surface area contributed by atoms with E-state index >= 15 is 0 Å². The number of fused-ring (bicyclic) bond motifs is 3. The molecule has 0 aromatic heterocycles. The van der Waals surface area contributed by atoms with Crippen molar-refractivity contribution in [3.63, 3.8) is 0 Å². The molecule has 10 nitrogen and oxygen atoms in total. The van der Waals surface area contributed by atoms with Gasteiger partial charge in [-0.3, -0.25) is 4.79 Å². The third-order valence-corrected chi connectivity index (χ3v) is 16.2. The molecule has 0 amide bonds. The summed E-state index contributed by atoms with van der Waals surface area (Å²) in [6, 6.07) is 0. The van der Waals surface area contributed by atoms with Gasteiger partial charge in [-0.1, -0.05) is 34.6 Å². The number of esters is 1. The summed E-state index contributed by atoms with van der Waals surface area (Å²) in [5, 5.41) is 55.3. The van der Waals surface area contributed by atoms with Crippen LogP contribution in [0.3, 0.4) is 0 Å². The topological polar surface area (TPSA) is 158 Å². The van der Waals surface area contributed by atoms with Gasteiger partial charge in [0.15, 0.2) is 6.29 Å². The third-order valence-electron chi connectivity index (χ3n) is 16.2. The molecule has 5 N–H and O–H groups in total. The molecule has 7 aliphatic rings. The van der Waals surface area contributed by atoms with E-state index in [0.717, 1.165) is 51.4 Å². The molecule has 48 heavy (non-hydrogen) atoms. The number of rotatable bonds is 8. The van der Waals surface area contributed by atoms with Crippen LogP contribution in [0.25, 0.3) is 0 Å². The number of aliphatic hydroxyl groups is 5. The van der Waals surface area contributed by atoms with E-state index in [1.165, 1.54) is 6.92 Å². The predicted octanol–water partition coefficient (Wildman–Crippen LogP) is 3.72. The van der Waals surface area contributed by atoms with E-state index in [0.29, 0.717) is 24.2 Å². The fraction of sp³-hybridized carbons (Fsp3) is 0.974. The minimum atomic E-state index is -1.53. The summed E-state index contributed by atoms with van der Waals surface area (Å²) in [5.41, 5.74) is -0.670. The van der Waals surface area contributed by atoms with Crippen LogP contribution in [-0.4, -0.2) is 98.8 Å². The van der Waals surface area contributed by atoms with Gasteiger partial charge in [0.1, 0.15) is 37.1 Å². The number of carbonyl (C=O) groups is 1. The Morgan fingerprint density at radius 1 is 0.917 bits per heavy atom. The van der Waals surface area contributed by atoms with Gasteiger partial charge in [0.05, 0.1) is 23.9 Å². The summed E-state index contributed by atoms with van der Waals surface area (Å²) in [6.07, 6.45) is 0.669. The standard InChI is InChI=1S/C38H62O10/c1-19(15-22(40)31-34(5,6)48-31)21-9-14-38-18-37(21,38)13-10-24-35(7)12-11-26(41)33(3,4)25(35)16-27(36(24,38)8)47-32-30(44)29(43)28(42)23(46-32)17-45-20(2)39/h19,21-32,40-44H,9-18H2,1-8H3/t19-,21-,22+,23+,24+,25-,26+,27+,28+,29?,30?,31-,32-,35+,36-,37+,38+/m0/s1. The lowest BCUT2D eigenvalue weighted by atomic mass is 9.37. The maximum atomic E-state index is 11.6. The molecular formula is C38H62O10. The van der Waals surface area contributed by atoms with E-state index in [2.05, 4.69) is 34.6 Å². The Balaban J connectivity index is 1.22. The Morgan fingerprint density at radius 3 is 2.25 bits per heavy atom. The van der Waals surface area contributed by atoms with Crippen molar-refractivity contribution in [1.82, 2.24) is 0 Å². The number of hydrogen-bond donors (Lipinski definition) is 5. The Bertz CT molecular complexity index is 1270. The van der Waals surface area contributed by atoms with Gasteiger partial charge >= 0.3 is 5.97 Å². The predicted molar refractivity (Wildman–Crippen MR) is 175 cm³/mol. The van der Waals surface area contributed by atoms with Gasteiger partial charge in [0.25, 0.3) is 0 Å². The van der Waals surface area contributed by atoms with Crippen LogP contribution in [0.2, 0.25) is 0 Å². The van der Waals surface area contributed by atoms with Gasteiger partial charge in [-0.05, 0) is 117 Å². The van der Waals surface area contributed by atoms with Crippen LogP contribution in [-0.2, 0) is 23.7 Å². The van der Waals surface area contributed by atoms with Crippen molar-refractivity contribution >= 4 is 5.97 Å². The average Bonchev–Trinajstić information content (AvgIpc) is 3.84. The molecule has 0 radical (unpaired) electrons. The fourth-order valence-corrected chi connectivity index (χ4v) is 13.7. The molecule has 5 saturated carbocycles. The van der Waals surface area contributed by atoms with E-state index < -0.39 is 48.9 Å². The molecule has 2 saturated heterocycles. The van der Waals surface area contributed by atoms with Crippen LogP contribution in [0.4, 0.5) is 0 Å². The van der Waals surface area contributed by atoms with Gasteiger partial charge in [0, 0.05) is 12.3 Å². The first-order valence-corrected chi connectivity index (χ1v) is 18.8. The molecule has 274 valence electrons. The second-order valence-corrected chi connectivity index (χ2v) is 19.0. The molecule has 7 rings (SSSR count). The number of hydrogen-bond acceptors (Lipinski definition) is 10. The van der Waals surface area contributed by atoms with E-state index in [1.54, 1.807) is 0 Å². The molecule has 17 atom stereocenters. The van der Waals surface area contributed by atoms with Crippen molar-refractivity contribution < 1.29 is 49.3 Å². The SMILES string of the molecule is CC(=O)OC[C@H]1O[C@@H](O[C@@H]2C[C@H]3C(C)(C)[C@H](O)CC[C@]3(C)[C@H]3CC[C@]45C[C@]4(CC[C@H]5[C@@H](C)C[C@@H](O)[C@@H]4OC4(C)C)[C@@]32C)C(O)C(O)[C@@H]1O.